The minimum atomic E-state index is -4.62. The molecule has 12 heteroatoms. The Bertz CT molecular complexity index is 1450. The van der Waals surface area contributed by atoms with Crippen LogP contribution in [0.5, 0.6) is 0 Å². The number of halogens is 3. The zero-order valence-corrected chi connectivity index (χ0v) is 18.2. The number of nitrogens with one attached hydrogen (secondary N) is 1. The lowest BCUT2D eigenvalue weighted by molar-refractivity contribution is -0.129. The molecule has 0 spiro atoms. The first-order valence-electron chi connectivity index (χ1n) is 10.1. The van der Waals surface area contributed by atoms with Crippen molar-refractivity contribution in [3.63, 3.8) is 0 Å². The number of hydroxylamine groups is 1. The molecule has 4 aromatic rings. The van der Waals surface area contributed by atoms with Gasteiger partial charge in [-0.2, -0.15) is 13.2 Å². The average Bonchev–Trinajstić information content (AvgIpc) is 3.44. The van der Waals surface area contributed by atoms with Crippen LogP contribution in [0.2, 0.25) is 0 Å². The Morgan fingerprint density at radius 3 is 2.77 bits per heavy atom. The number of benzene rings is 1. The summed E-state index contributed by atoms with van der Waals surface area (Å²) in [5.74, 6) is 6.09. The smallest absolute Gasteiger partial charge is 0.335 e. The fraction of sp³-hybridized carbons (Fsp3) is 0.130. The van der Waals surface area contributed by atoms with Crippen molar-refractivity contribution in [1.29, 1.82) is 0 Å². The number of pyridine rings is 1. The van der Waals surface area contributed by atoms with Crippen LogP contribution in [-0.4, -0.2) is 44.2 Å². The first kappa shape index (κ1) is 23.4. The molecule has 0 atom stereocenters. The van der Waals surface area contributed by atoms with Gasteiger partial charge in [0.05, 0.1) is 30.1 Å². The van der Waals surface area contributed by atoms with Gasteiger partial charge in [-0.1, -0.05) is 18.1 Å². The number of carbonyl (C=O) groups excluding carboxylic acids is 2. The molecule has 0 saturated carbocycles. The van der Waals surface area contributed by atoms with Gasteiger partial charge in [0, 0.05) is 24.4 Å². The van der Waals surface area contributed by atoms with E-state index in [9.17, 15) is 22.8 Å². The molecule has 0 aliphatic rings. The maximum atomic E-state index is 12.5. The minimum absolute atomic E-state index is 0.0443. The average molecular weight is 482 g/mol. The van der Waals surface area contributed by atoms with Crippen LogP contribution in [0.1, 0.15) is 11.3 Å². The quantitative estimate of drug-likeness (QED) is 0.268. The molecule has 35 heavy (non-hydrogen) atoms. The summed E-state index contributed by atoms with van der Waals surface area (Å²) in [6.45, 7) is -1.63. The second-order valence-corrected chi connectivity index (χ2v) is 7.25. The normalized spacial score (nSPS) is 11.0. The highest BCUT2D eigenvalue weighted by atomic mass is 19.4. The van der Waals surface area contributed by atoms with Gasteiger partial charge >= 0.3 is 18.7 Å². The van der Waals surface area contributed by atoms with Gasteiger partial charge < -0.3 is 14.7 Å². The van der Waals surface area contributed by atoms with Crippen LogP contribution < -0.4 is 10.4 Å². The SMILES string of the molecule is Cn1cncc1C#Cc1ccn2c(-c3cccc(N(OC=O)C(=O)NCC(F)(F)F)c3)cnc2c1. The van der Waals surface area contributed by atoms with Crippen molar-refractivity contribution in [3.05, 3.63) is 72.6 Å². The maximum Gasteiger partial charge on any atom is 0.405 e. The van der Waals surface area contributed by atoms with Gasteiger partial charge in [0.2, 0.25) is 0 Å². The molecule has 0 unspecified atom stereocenters. The molecule has 1 aromatic carbocycles. The van der Waals surface area contributed by atoms with Crippen molar-refractivity contribution in [2.45, 2.75) is 6.18 Å². The summed E-state index contributed by atoms with van der Waals surface area (Å²) >= 11 is 0. The van der Waals surface area contributed by atoms with Crippen molar-refractivity contribution in [3.8, 4) is 23.1 Å². The third-order valence-corrected chi connectivity index (χ3v) is 4.81. The molecule has 0 radical (unpaired) electrons. The number of urea groups is 1. The number of aryl methyl sites for hydroxylation is 1. The number of imidazole rings is 2. The fourth-order valence-electron chi connectivity index (χ4n) is 3.19. The largest absolute Gasteiger partial charge is 0.405 e. The van der Waals surface area contributed by atoms with E-state index in [1.165, 1.54) is 12.1 Å². The summed E-state index contributed by atoms with van der Waals surface area (Å²) in [5, 5.41) is 2.11. The summed E-state index contributed by atoms with van der Waals surface area (Å²) in [6.07, 6.45) is 2.06. The number of anilines is 1. The Hall–Kier alpha value is -4.79. The fourth-order valence-corrected chi connectivity index (χ4v) is 3.19. The molecule has 0 aliphatic heterocycles. The van der Waals surface area contributed by atoms with E-state index in [4.69, 9.17) is 0 Å². The number of aromatic nitrogens is 4. The van der Waals surface area contributed by atoms with Crippen LogP contribution in [0.3, 0.4) is 0 Å². The van der Waals surface area contributed by atoms with Crippen molar-refractivity contribution in [1.82, 2.24) is 24.3 Å². The highest BCUT2D eigenvalue weighted by Gasteiger charge is 2.30. The molecule has 0 fully saturated rings. The lowest BCUT2D eigenvalue weighted by atomic mass is 10.1. The number of rotatable bonds is 5. The van der Waals surface area contributed by atoms with E-state index in [0.29, 0.717) is 22.0 Å². The molecule has 3 heterocycles. The molecule has 9 nitrogen and oxygen atoms in total. The third-order valence-electron chi connectivity index (χ3n) is 4.81. The topological polar surface area (TPSA) is 93.8 Å². The third kappa shape index (κ3) is 5.41. The van der Waals surface area contributed by atoms with E-state index in [0.717, 1.165) is 11.3 Å². The van der Waals surface area contributed by atoms with Crippen LogP contribution >= 0.6 is 0 Å². The Morgan fingerprint density at radius 2 is 2.06 bits per heavy atom. The van der Waals surface area contributed by atoms with Crippen LogP contribution in [-0.2, 0) is 16.7 Å². The number of amides is 2. The molecule has 0 bridgehead atoms. The molecule has 0 aliphatic carbocycles. The standard InChI is InChI=1S/C23H17F3N6O3/c1-30-14-27-11-19(30)6-5-16-7-8-31-20(12-28-21(31)9-16)17-3-2-4-18(10-17)32(35-15-33)22(34)29-13-23(24,25)26/h2-4,7-12,14-15H,13H2,1H3,(H,29,34). The van der Waals surface area contributed by atoms with Crippen molar-refractivity contribution in [2.75, 3.05) is 11.6 Å². The van der Waals surface area contributed by atoms with Crippen LogP contribution in [0.15, 0.2) is 61.3 Å². The lowest BCUT2D eigenvalue weighted by Gasteiger charge is -2.20. The van der Waals surface area contributed by atoms with Gasteiger partial charge in [-0.15, -0.1) is 5.06 Å². The predicted octanol–water partition coefficient (Wildman–Crippen LogP) is 3.30. The molecule has 1 N–H and O–H groups in total. The van der Waals surface area contributed by atoms with Gasteiger partial charge in [-0.25, -0.2) is 14.8 Å². The van der Waals surface area contributed by atoms with E-state index in [1.54, 1.807) is 63.5 Å². The number of alkyl halides is 3. The van der Waals surface area contributed by atoms with Crippen molar-refractivity contribution >= 4 is 23.8 Å². The van der Waals surface area contributed by atoms with E-state index in [-0.39, 0.29) is 12.2 Å². The zero-order chi connectivity index (χ0) is 25.0. The molecule has 0 saturated heterocycles. The summed E-state index contributed by atoms with van der Waals surface area (Å²) in [6, 6.07) is 8.53. The second-order valence-electron chi connectivity index (χ2n) is 7.25. The molecular weight excluding hydrogens is 465 g/mol. The summed E-state index contributed by atoms with van der Waals surface area (Å²) < 4.78 is 41.0. The number of hydrogen-bond donors (Lipinski definition) is 1. The number of carbonyl (C=O) groups is 2. The van der Waals surface area contributed by atoms with Crippen LogP contribution in [0.4, 0.5) is 23.7 Å². The first-order chi connectivity index (χ1) is 16.7. The highest BCUT2D eigenvalue weighted by molar-refractivity contribution is 5.91. The monoisotopic (exact) mass is 482 g/mol. The Morgan fingerprint density at radius 1 is 1.23 bits per heavy atom. The summed E-state index contributed by atoms with van der Waals surface area (Å²) in [7, 11) is 1.84. The van der Waals surface area contributed by atoms with Gasteiger partial charge in [-0.3, -0.25) is 9.20 Å². The molecule has 3 aromatic heterocycles. The van der Waals surface area contributed by atoms with Gasteiger partial charge in [0.1, 0.15) is 17.9 Å². The lowest BCUT2D eigenvalue weighted by Crippen LogP contribution is -2.43. The molecule has 2 amide bonds. The van der Waals surface area contributed by atoms with E-state index in [1.807, 2.05) is 7.05 Å². The van der Waals surface area contributed by atoms with Gasteiger partial charge in [0.15, 0.2) is 0 Å². The Balaban J connectivity index is 1.61. The van der Waals surface area contributed by atoms with E-state index < -0.39 is 18.8 Å². The Kier molecular flexibility index (Phi) is 6.41. The number of hydrogen-bond acceptors (Lipinski definition) is 5. The first-order valence-corrected chi connectivity index (χ1v) is 10.1. The van der Waals surface area contributed by atoms with Crippen LogP contribution in [0.25, 0.3) is 16.9 Å². The highest BCUT2D eigenvalue weighted by Crippen LogP contribution is 2.26. The minimum Gasteiger partial charge on any atom is -0.335 e. The molecule has 178 valence electrons. The molecule has 4 rings (SSSR count). The molecular formula is C23H17F3N6O3. The van der Waals surface area contributed by atoms with Gasteiger partial charge in [-0.05, 0) is 30.2 Å². The van der Waals surface area contributed by atoms with Crippen molar-refractivity contribution in [2.24, 2.45) is 7.05 Å². The Labute approximate surface area is 196 Å². The van der Waals surface area contributed by atoms with Gasteiger partial charge in [0.25, 0.3) is 0 Å². The summed E-state index contributed by atoms with van der Waals surface area (Å²) in [5.41, 5.74) is 3.35. The maximum absolute atomic E-state index is 12.5. The van der Waals surface area contributed by atoms with Crippen molar-refractivity contribution < 1.29 is 27.6 Å². The second kappa shape index (κ2) is 9.60. The van der Waals surface area contributed by atoms with E-state index in [2.05, 4.69) is 26.6 Å². The predicted molar refractivity (Wildman–Crippen MR) is 119 cm³/mol. The zero-order valence-electron chi connectivity index (χ0n) is 18.2. The van der Waals surface area contributed by atoms with Crippen LogP contribution in [0, 0.1) is 11.8 Å². The summed E-state index contributed by atoms with van der Waals surface area (Å²) in [4.78, 5) is 36.1. The number of nitrogens with zero attached hydrogens (tertiary/aromatic N) is 5. The van der Waals surface area contributed by atoms with E-state index >= 15 is 0 Å². The number of fused-ring (bicyclic) bond motifs is 1.